The number of rotatable bonds is 5. The van der Waals surface area contributed by atoms with Crippen molar-refractivity contribution in [2.45, 2.75) is 50.7 Å². The summed E-state index contributed by atoms with van der Waals surface area (Å²) in [6, 6.07) is 11.9. The summed E-state index contributed by atoms with van der Waals surface area (Å²) in [6.07, 6.45) is 5.83. The first-order valence-corrected chi connectivity index (χ1v) is 9.72. The highest BCUT2D eigenvalue weighted by Gasteiger charge is 2.34. The van der Waals surface area contributed by atoms with Gasteiger partial charge in [0.2, 0.25) is 5.88 Å². The number of pyridine rings is 1. The molecule has 0 bridgehead atoms. The fourth-order valence-corrected chi connectivity index (χ4v) is 3.80. The van der Waals surface area contributed by atoms with Gasteiger partial charge in [-0.1, -0.05) is 18.2 Å². The molecule has 0 radical (unpaired) electrons. The van der Waals surface area contributed by atoms with Crippen LogP contribution in [0, 0.1) is 0 Å². The largest absolute Gasteiger partial charge is 0.497 e. The van der Waals surface area contributed by atoms with E-state index >= 15 is 0 Å². The average Bonchev–Trinajstić information content (AvgIpc) is 3.54. The van der Waals surface area contributed by atoms with E-state index in [9.17, 15) is 4.79 Å². The molecule has 1 aliphatic heterocycles. The quantitative estimate of drug-likeness (QED) is 0.801. The Balaban J connectivity index is 1.49. The molecular weight excluding hydrogens is 340 g/mol. The number of nitrogens with zero attached hydrogens (tertiary/aromatic N) is 2. The minimum atomic E-state index is -0.0576. The zero-order valence-corrected chi connectivity index (χ0v) is 15.9. The Morgan fingerprint density at radius 3 is 2.74 bits per heavy atom. The van der Waals surface area contributed by atoms with Crippen LogP contribution in [0.15, 0.2) is 42.6 Å². The molecule has 142 valence electrons. The van der Waals surface area contributed by atoms with Gasteiger partial charge < -0.3 is 14.4 Å². The van der Waals surface area contributed by atoms with Crippen molar-refractivity contribution >= 4 is 5.91 Å². The summed E-state index contributed by atoms with van der Waals surface area (Å²) in [5, 5.41) is 0. The van der Waals surface area contributed by atoms with Crippen molar-refractivity contribution in [2.75, 3.05) is 13.7 Å². The van der Waals surface area contributed by atoms with Crippen molar-refractivity contribution in [2.24, 2.45) is 0 Å². The predicted molar refractivity (Wildman–Crippen MR) is 103 cm³/mol. The van der Waals surface area contributed by atoms with Crippen LogP contribution in [0.2, 0.25) is 0 Å². The van der Waals surface area contributed by atoms with E-state index in [0.29, 0.717) is 18.3 Å². The molecule has 4 rings (SSSR count). The van der Waals surface area contributed by atoms with Crippen LogP contribution in [0.4, 0.5) is 0 Å². The third kappa shape index (κ3) is 3.92. The normalized spacial score (nSPS) is 22.4. The molecule has 2 fully saturated rings. The molecule has 1 aromatic heterocycles. The Morgan fingerprint density at radius 1 is 1.15 bits per heavy atom. The van der Waals surface area contributed by atoms with Crippen molar-refractivity contribution < 1.29 is 14.3 Å². The second-order valence-corrected chi connectivity index (χ2v) is 7.52. The number of amides is 1. The van der Waals surface area contributed by atoms with Gasteiger partial charge in [-0.25, -0.2) is 4.98 Å². The van der Waals surface area contributed by atoms with Gasteiger partial charge >= 0.3 is 0 Å². The molecule has 27 heavy (non-hydrogen) atoms. The summed E-state index contributed by atoms with van der Waals surface area (Å²) in [5.41, 5.74) is 2.05. The maximum atomic E-state index is 13.3. The minimum Gasteiger partial charge on any atom is -0.497 e. The fraction of sp³-hybridized carbons (Fsp3) is 0.455. The Kier molecular flexibility index (Phi) is 5.01. The first-order valence-electron chi connectivity index (χ1n) is 9.72. The van der Waals surface area contributed by atoms with E-state index in [4.69, 9.17) is 9.47 Å². The van der Waals surface area contributed by atoms with Crippen molar-refractivity contribution in [3.05, 3.63) is 53.7 Å². The monoisotopic (exact) mass is 366 g/mol. The molecule has 2 aliphatic rings. The second-order valence-electron chi connectivity index (χ2n) is 7.52. The summed E-state index contributed by atoms with van der Waals surface area (Å²) in [4.78, 5) is 19.5. The van der Waals surface area contributed by atoms with Gasteiger partial charge in [0.05, 0.1) is 13.7 Å². The lowest BCUT2D eigenvalue weighted by Crippen LogP contribution is -2.49. The summed E-state index contributed by atoms with van der Waals surface area (Å²) < 4.78 is 11.3. The topological polar surface area (TPSA) is 51.7 Å². The molecule has 1 saturated carbocycles. The molecule has 0 spiro atoms. The van der Waals surface area contributed by atoms with Gasteiger partial charge in [-0.3, -0.25) is 4.79 Å². The zero-order chi connectivity index (χ0) is 18.8. The lowest BCUT2D eigenvalue weighted by atomic mass is 9.97. The fourth-order valence-electron chi connectivity index (χ4n) is 3.80. The Bertz CT molecular complexity index is 819. The van der Waals surface area contributed by atoms with Crippen molar-refractivity contribution in [1.29, 1.82) is 0 Å². The first-order chi connectivity index (χ1) is 13.2. The molecule has 1 amide bonds. The number of benzene rings is 1. The predicted octanol–water partition coefficient (Wildman–Crippen LogP) is 4.04. The summed E-state index contributed by atoms with van der Waals surface area (Å²) >= 11 is 0. The number of piperidine rings is 1. The third-order valence-electron chi connectivity index (χ3n) is 5.54. The molecule has 1 aliphatic carbocycles. The Hall–Kier alpha value is -2.56. The zero-order valence-electron chi connectivity index (χ0n) is 15.9. The van der Waals surface area contributed by atoms with Gasteiger partial charge in [0.25, 0.3) is 5.91 Å². The molecule has 1 saturated heterocycles. The van der Waals surface area contributed by atoms with Crippen LogP contribution in [0.5, 0.6) is 11.6 Å². The maximum absolute atomic E-state index is 13.3. The highest BCUT2D eigenvalue weighted by Crippen LogP contribution is 2.42. The minimum absolute atomic E-state index is 0.0576. The van der Waals surface area contributed by atoms with Crippen LogP contribution in [-0.4, -0.2) is 41.6 Å². The third-order valence-corrected chi connectivity index (χ3v) is 5.54. The number of ether oxygens (including phenoxy) is 2. The molecule has 1 aromatic carbocycles. The number of carbonyl (C=O) groups is 1. The van der Waals surface area contributed by atoms with Gasteiger partial charge in [-0.2, -0.15) is 0 Å². The van der Waals surface area contributed by atoms with Gasteiger partial charge in [0.1, 0.15) is 11.9 Å². The lowest BCUT2D eigenvalue weighted by molar-refractivity contribution is 0.0371. The van der Waals surface area contributed by atoms with Crippen LogP contribution >= 0.6 is 0 Å². The first kappa shape index (κ1) is 17.8. The summed E-state index contributed by atoms with van der Waals surface area (Å²) in [5.74, 6) is 1.94. The maximum Gasteiger partial charge on any atom is 0.254 e. The number of hydrogen-bond acceptors (Lipinski definition) is 4. The molecule has 2 aromatic rings. The highest BCUT2D eigenvalue weighted by atomic mass is 16.5. The van der Waals surface area contributed by atoms with E-state index in [0.717, 1.165) is 24.2 Å². The van der Waals surface area contributed by atoms with Gasteiger partial charge in [-0.15, -0.1) is 0 Å². The smallest absolute Gasteiger partial charge is 0.254 e. The molecule has 5 heteroatoms. The number of carbonyl (C=O) groups excluding carboxylic acids is 1. The van der Waals surface area contributed by atoms with Gasteiger partial charge in [0, 0.05) is 23.9 Å². The Labute approximate surface area is 160 Å². The molecule has 0 N–H and O–H groups in total. The van der Waals surface area contributed by atoms with Gasteiger partial charge in [-0.05, 0) is 56.2 Å². The number of likely N-dealkylation sites (tertiary alicyclic amines) is 1. The Morgan fingerprint density at radius 2 is 1.96 bits per heavy atom. The van der Waals surface area contributed by atoms with Crippen LogP contribution < -0.4 is 9.47 Å². The second kappa shape index (κ2) is 7.59. The molecular formula is C22H26N2O3. The van der Waals surface area contributed by atoms with E-state index < -0.39 is 0 Å². The van der Waals surface area contributed by atoms with E-state index in [1.165, 1.54) is 18.4 Å². The van der Waals surface area contributed by atoms with Gasteiger partial charge in [0.15, 0.2) is 0 Å². The van der Waals surface area contributed by atoms with E-state index in [1.807, 2.05) is 23.1 Å². The molecule has 2 heterocycles. The summed E-state index contributed by atoms with van der Waals surface area (Å²) in [7, 11) is 1.62. The van der Waals surface area contributed by atoms with Crippen LogP contribution in [0.25, 0.3) is 0 Å². The van der Waals surface area contributed by atoms with Crippen molar-refractivity contribution in [3.8, 4) is 11.6 Å². The highest BCUT2D eigenvalue weighted by molar-refractivity contribution is 5.96. The summed E-state index contributed by atoms with van der Waals surface area (Å²) in [6.45, 7) is 2.70. The van der Waals surface area contributed by atoms with E-state index in [2.05, 4.69) is 18.0 Å². The SMILES string of the molecule is COc1ccnc(OC2CCC(C)N(C(=O)c3ccccc3C3CC3)C2)c1. The molecule has 2 unspecified atom stereocenters. The number of hydrogen-bond donors (Lipinski definition) is 0. The lowest BCUT2D eigenvalue weighted by Gasteiger charge is -2.38. The molecule has 2 atom stereocenters. The van der Waals surface area contributed by atoms with Crippen LogP contribution in [-0.2, 0) is 0 Å². The van der Waals surface area contributed by atoms with E-state index in [-0.39, 0.29) is 18.1 Å². The number of methoxy groups -OCH3 is 1. The van der Waals surface area contributed by atoms with Crippen molar-refractivity contribution in [1.82, 2.24) is 9.88 Å². The van der Waals surface area contributed by atoms with Crippen LogP contribution in [0.3, 0.4) is 0 Å². The van der Waals surface area contributed by atoms with Crippen LogP contribution in [0.1, 0.15) is 54.4 Å². The average molecular weight is 366 g/mol. The molecule has 5 nitrogen and oxygen atoms in total. The number of aromatic nitrogens is 1. The standard InChI is InChI=1S/C22H26N2O3/c1-15-7-10-18(27-21-13-17(26-2)11-12-23-21)14-24(15)22(25)20-6-4-3-5-19(20)16-8-9-16/h3-6,11-13,15-16,18H,7-10,14H2,1-2H3. The van der Waals surface area contributed by atoms with E-state index in [1.54, 1.807) is 25.4 Å². The van der Waals surface area contributed by atoms with Crippen molar-refractivity contribution in [3.63, 3.8) is 0 Å².